The molecule has 3 saturated carbocycles. The van der Waals surface area contributed by atoms with E-state index in [1.165, 1.54) is 44.1 Å². The maximum absolute atomic E-state index is 13.2. The fourth-order valence-corrected chi connectivity index (χ4v) is 16.1. The molecule has 0 spiro atoms. The van der Waals surface area contributed by atoms with E-state index in [2.05, 4.69) is 40.7 Å². The summed E-state index contributed by atoms with van der Waals surface area (Å²) in [6.45, 7) is 19.1. The van der Waals surface area contributed by atoms with Crippen molar-refractivity contribution in [1.82, 2.24) is 0 Å². The van der Waals surface area contributed by atoms with Crippen molar-refractivity contribution in [2.45, 2.75) is 252 Å². The van der Waals surface area contributed by atoms with Gasteiger partial charge in [0.25, 0.3) is 0 Å². The summed E-state index contributed by atoms with van der Waals surface area (Å²) in [6, 6.07) is 9.10. The van der Waals surface area contributed by atoms with Crippen molar-refractivity contribution >= 4 is 41.8 Å². The summed E-state index contributed by atoms with van der Waals surface area (Å²) in [4.78, 5) is 89.9. The molecule has 1 aromatic carbocycles. The van der Waals surface area contributed by atoms with Crippen molar-refractivity contribution in [3.05, 3.63) is 47.5 Å². The van der Waals surface area contributed by atoms with E-state index in [9.17, 15) is 33.6 Å². The molecular weight excluding hydrogens is 1130 g/mol. The second-order valence-electron chi connectivity index (χ2n) is 26.3. The number of benzene rings is 1. The average Bonchev–Trinajstić information content (AvgIpc) is 1.72. The molecule has 0 radical (unpaired) electrons. The van der Waals surface area contributed by atoms with Crippen LogP contribution in [-0.2, 0) is 105 Å². The molecule has 4 aliphatic carbocycles. The summed E-state index contributed by atoms with van der Waals surface area (Å²) in [5, 5.41) is 0. The van der Waals surface area contributed by atoms with E-state index in [1.807, 2.05) is 30.3 Å². The summed E-state index contributed by atoms with van der Waals surface area (Å²) in [5.74, 6) is -1.80. The van der Waals surface area contributed by atoms with E-state index in [0.717, 1.165) is 73.6 Å². The molecule has 4 saturated heterocycles. The molecule has 1 aromatic rings. The summed E-state index contributed by atoms with van der Waals surface area (Å²) < 4.78 is 94.7. The molecule has 0 N–H and O–H groups in total. The lowest BCUT2D eigenvalue weighted by atomic mass is 9.47. The number of ether oxygens (including phenoxy) is 15. The Morgan fingerprint density at radius 3 is 1.85 bits per heavy atom. The number of carbonyl (C=O) groups excluding carboxylic acids is 7. The molecule has 4 heterocycles. The summed E-state index contributed by atoms with van der Waals surface area (Å²) in [6.07, 6.45) is -7.84. The highest BCUT2D eigenvalue weighted by atomic mass is 16.8. The van der Waals surface area contributed by atoms with E-state index in [-0.39, 0.29) is 12.0 Å². The Bertz CT molecular complexity index is 2630. The topological polar surface area (TPSA) is 258 Å². The van der Waals surface area contributed by atoms with Gasteiger partial charge in [-0.05, 0) is 97.7 Å². The van der Waals surface area contributed by atoms with Crippen LogP contribution in [0, 0.1) is 46.3 Å². The standard InChI is InChI=1S/C65H92O22/c1-33(2)17-16-18-34(3)46-23-24-47-45-22-21-43-29-44(25-27-64(43,11)48(45)26-28-65(46,47)12)82-62-59(87-63-58(81-41(10)72)55(79-39(8)70)52(77-37(6)68)50(84-63)30-73-35(4)66)56(53-51(83-62)32-74-60(85-53)42-19-14-13-15-20-42)86-61-57(80-40(9)71)54(78-38(7)69)49(31-75-61)76-36(5)67/h13-15,19-21,33-34,44-63H,16-18,22-32H2,1-12H3/t34-,44+,45+,46-,47+,48+,49-,50-,51-,52+,53-,54+,55+,56+,57-,58-,59-,60-,61+,62-,63+,64+,65-/m1/s1. The van der Waals surface area contributed by atoms with Crippen LogP contribution in [0.3, 0.4) is 0 Å². The van der Waals surface area contributed by atoms with Crippen molar-refractivity contribution in [3.8, 4) is 0 Å². The highest BCUT2D eigenvalue weighted by molar-refractivity contribution is 5.69. The monoisotopic (exact) mass is 1220 g/mol. The van der Waals surface area contributed by atoms with E-state index < -0.39 is 153 Å². The first-order valence-corrected chi connectivity index (χ1v) is 31.4. The maximum Gasteiger partial charge on any atom is 0.303 e. The first kappa shape index (κ1) is 66.4. The van der Waals surface area contributed by atoms with Gasteiger partial charge in [-0.2, -0.15) is 0 Å². The first-order chi connectivity index (χ1) is 41.3. The van der Waals surface area contributed by atoms with Crippen LogP contribution in [0.25, 0.3) is 0 Å². The molecule has 8 aliphatic rings. The Kier molecular flexibility index (Phi) is 21.7. The molecule has 87 heavy (non-hydrogen) atoms. The third-order valence-corrected chi connectivity index (χ3v) is 19.8. The molecule has 0 aromatic heterocycles. The predicted molar refractivity (Wildman–Crippen MR) is 305 cm³/mol. The molecule has 9 rings (SSSR count). The van der Waals surface area contributed by atoms with Crippen LogP contribution in [0.1, 0.15) is 166 Å². The molecule has 22 nitrogen and oxygen atoms in total. The highest BCUT2D eigenvalue weighted by Gasteiger charge is 2.62. The minimum atomic E-state index is -1.79. The third kappa shape index (κ3) is 15.2. The number of allylic oxidation sites excluding steroid dienone is 1. The van der Waals surface area contributed by atoms with Gasteiger partial charge in [-0.15, -0.1) is 0 Å². The Hall–Kier alpha value is -5.07. The van der Waals surface area contributed by atoms with E-state index in [0.29, 0.717) is 53.4 Å². The summed E-state index contributed by atoms with van der Waals surface area (Å²) in [5.41, 5.74) is 2.18. The van der Waals surface area contributed by atoms with Crippen molar-refractivity contribution in [2.24, 2.45) is 46.3 Å². The predicted octanol–water partition coefficient (Wildman–Crippen LogP) is 8.26. The minimum Gasteiger partial charge on any atom is -0.463 e. The van der Waals surface area contributed by atoms with Gasteiger partial charge in [-0.1, -0.05) is 95.9 Å². The Balaban J connectivity index is 1.10. The quantitative estimate of drug-likeness (QED) is 0.0676. The molecule has 484 valence electrons. The number of fused-ring (bicyclic) bond motifs is 6. The lowest BCUT2D eigenvalue weighted by molar-refractivity contribution is -0.415. The zero-order chi connectivity index (χ0) is 62.6. The lowest BCUT2D eigenvalue weighted by Gasteiger charge is -2.59. The molecule has 7 fully saturated rings. The van der Waals surface area contributed by atoms with Crippen molar-refractivity contribution in [1.29, 1.82) is 0 Å². The fourth-order valence-electron chi connectivity index (χ4n) is 16.1. The van der Waals surface area contributed by atoms with Gasteiger partial charge in [0.1, 0.15) is 37.1 Å². The SMILES string of the molecule is CC(=O)OC[C@H]1O[C@@H](O[C@H]2[C@H](O[C@H]3CC[C@@]4(C)C(=CC[C@H]5[C@@H]6CC[C@H]([C@H](C)CCCC(C)C)[C@@]6(C)CC[C@@H]54)C3)O[C@@H]3CO[C@@H](c4ccccc4)O[C@H]3[C@@H]2O[C@@H]2OC[C@@H](OC(C)=O)[C@H](OC(C)=O)[C@H]2OC(C)=O)[C@H](OC(C)=O)[C@@H](OC(C)=O)[C@H]1OC(C)=O. The summed E-state index contributed by atoms with van der Waals surface area (Å²) >= 11 is 0. The van der Waals surface area contributed by atoms with Crippen molar-refractivity contribution in [3.63, 3.8) is 0 Å². The third-order valence-electron chi connectivity index (χ3n) is 19.8. The smallest absolute Gasteiger partial charge is 0.303 e. The molecule has 0 amide bonds. The highest BCUT2D eigenvalue weighted by Crippen LogP contribution is 2.67. The molecule has 23 atom stereocenters. The van der Waals surface area contributed by atoms with Gasteiger partial charge in [0.05, 0.1) is 19.3 Å². The molecule has 22 heteroatoms. The van der Waals surface area contributed by atoms with Gasteiger partial charge in [0.15, 0.2) is 61.8 Å². The molecule has 0 unspecified atom stereocenters. The first-order valence-electron chi connectivity index (χ1n) is 31.4. The molecule has 4 aliphatic heterocycles. The van der Waals surface area contributed by atoms with E-state index in [4.69, 9.17) is 71.1 Å². The second kappa shape index (κ2) is 28.4. The van der Waals surface area contributed by atoms with Crippen molar-refractivity contribution < 1.29 is 105 Å². The zero-order valence-corrected chi connectivity index (χ0v) is 52.5. The second-order valence-corrected chi connectivity index (χ2v) is 26.3. The Labute approximate surface area is 510 Å². The number of esters is 7. The van der Waals surface area contributed by atoms with Gasteiger partial charge < -0.3 is 71.1 Å². The molecule has 0 bridgehead atoms. The maximum atomic E-state index is 13.2. The van der Waals surface area contributed by atoms with Crippen LogP contribution in [0.15, 0.2) is 42.0 Å². The molecular formula is C65H92O22. The van der Waals surface area contributed by atoms with Crippen LogP contribution in [-0.4, -0.2) is 154 Å². The van der Waals surface area contributed by atoms with E-state index in [1.54, 1.807) is 0 Å². The zero-order valence-electron chi connectivity index (χ0n) is 52.5. The fraction of sp³-hybridized carbons (Fsp3) is 0.769. The average molecular weight is 1230 g/mol. The van der Waals surface area contributed by atoms with Gasteiger partial charge in [-0.25, -0.2) is 0 Å². The Morgan fingerprint density at radius 2 is 1.20 bits per heavy atom. The number of hydrogen-bond acceptors (Lipinski definition) is 22. The number of hydrogen-bond donors (Lipinski definition) is 0. The van der Waals surface area contributed by atoms with E-state index >= 15 is 0 Å². The number of rotatable bonds is 20. The minimum absolute atomic E-state index is 0.0756. The van der Waals surface area contributed by atoms with Crippen LogP contribution < -0.4 is 0 Å². The van der Waals surface area contributed by atoms with Gasteiger partial charge in [0, 0.05) is 54.0 Å². The summed E-state index contributed by atoms with van der Waals surface area (Å²) in [7, 11) is 0. The van der Waals surface area contributed by atoms with Crippen LogP contribution in [0.2, 0.25) is 0 Å². The Morgan fingerprint density at radius 1 is 0.575 bits per heavy atom. The lowest BCUT2D eigenvalue weighted by Crippen LogP contribution is -2.69. The van der Waals surface area contributed by atoms with Gasteiger partial charge >= 0.3 is 41.8 Å². The van der Waals surface area contributed by atoms with Gasteiger partial charge in [-0.3, -0.25) is 33.6 Å². The van der Waals surface area contributed by atoms with Crippen LogP contribution in [0.5, 0.6) is 0 Å². The van der Waals surface area contributed by atoms with Crippen LogP contribution >= 0.6 is 0 Å². The van der Waals surface area contributed by atoms with Crippen LogP contribution in [0.4, 0.5) is 0 Å². The van der Waals surface area contributed by atoms with Gasteiger partial charge in [0.2, 0.25) is 0 Å². The number of carbonyl (C=O) groups is 7. The largest absolute Gasteiger partial charge is 0.463 e. The van der Waals surface area contributed by atoms with Crippen molar-refractivity contribution in [2.75, 3.05) is 19.8 Å². The normalized spacial score (nSPS) is 39.2.